The summed E-state index contributed by atoms with van der Waals surface area (Å²) in [6, 6.07) is 1.73. The Morgan fingerprint density at radius 3 is 2.38 bits per heavy atom. The second kappa shape index (κ2) is 6.34. The lowest BCUT2D eigenvalue weighted by atomic mass is 9.95. The number of benzene rings is 1. The molecule has 0 unspecified atom stereocenters. The van der Waals surface area contributed by atoms with Crippen molar-refractivity contribution in [2.45, 2.75) is 42.7 Å². The highest BCUT2D eigenvalue weighted by Gasteiger charge is 2.32. The Bertz CT molecular complexity index is 524. The van der Waals surface area contributed by atoms with Crippen LogP contribution >= 0.6 is 15.9 Å². The third-order valence-electron chi connectivity index (χ3n) is 3.53. The quantitative estimate of drug-likeness (QED) is 0.613. The molecule has 1 aliphatic carbocycles. The maximum Gasteiger partial charge on any atom is 0.416 e. The van der Waals surface area contributed by atoms with Gasteiger partial charge in [-0.3, -0.25) is 4.79 Å². The molecule has 1 N–H and O–H groups in total. The van der Waals surface area contributed by atoms with E-state index in [0.717, 1.165) is 25.7 Å². The molecule has 0 saturated heterocycles. The number of carbonyl (C=O) groups excluding carboxylic acids is 1. The molecule has 116 valence electrons. The van der Waals surface area contributed by atoms with Gasteiger partial charge < -0.3 is 5.32 Å². The fourth-order valence-electron chi connectivity index (χ4n) is 2.34. The van der Waals surface area contributed by atoms with Crippen LogP contribution in [0.5, 0.6) is 0 Å². The van der Waals surface area contributed by atoms with Gasteiger partial charge in [0.05, 0.1) is 11.1 Å². The molecular weight excluding hydrogens is 354 g/mol. The van der Waals surface area contributed by atoms with Crippen molar-refractivity contribution in [3.63, 3.8) is 0 Å². The number of nitrogens with one attached hydrogen (secondary N) is 1. The number of halogens is 5. The van der Waals surface area contributed by atoms with E-state index in [-0.39, 0.29) is 6.04 Å². The Kier molecular flexibility index (Phi) is 4.91. The van der Waals surface area contributed by atoms with Crippen LogP contribution in [0.25, 0.3) is 0 Å². The standard InChI is InChI=1S/C14H14BrF4NO/c15-9-2-4-10(5-3-9)20-13(21)11-7-8(14(17,18)19)1-6-12(11)16/h1,6-7,9-10H,2-5H2,(H,20,21). The van der Waals surface area contributed by atoms with Crippen molar-refractivity contribution in [3.8, 4) is 0 Å². The normalized spacial score (nSPS) is 22.9. The molecule has 1 fully saturated rings. The third kappa shape index (κ3) is 4.18. The number of carbonyl (C=O) groups is 1. The van der Waals surface area contributed by atoms with Gasteiger partial charge in [-0.1, -0.05) is 15.9 Å². The molecule has 1 amide bonds. The van der Waals surface area contributed by atoms with Gasteiger partial charge in [-0.15, -0.1) is 0 Å². The van der Waals surface area contributed by atoms with Crippen LogP contribution in [-0.4, -0.2) is 16.8 Å². The number of hydrogen-bond acceptors (Lipinski definition) is 1. The minimum atomic E-state index is -4.60. The second-order valence-corrected chi connectivity index (χ2v) is 6.41. The van der Waals surface area contributed by atoms with Gasteiger partial charge in [-0.2, -0.15) is 13.2 Å². The van der Waals surface area contributed by atoms with Gasteiger partial charge >= 0.3 is 6.18 Å². The summed E-state index contributed by atoms with van der Waals surface area (Å²) in [4.78, 5) is 12.4. The first-order valence-electron chi connectivity index (χ1n) is 6.59. The van der Waals surface area contributed by atoms with E-state index in [1.807, 2.05) is 0 Å². The van der Waals surface area contributed by atoms with E-state index in [0.29, 0.717) is 23.0 Å². The zero-order valence-electron chi connectivity index (χ0n) is 11.0. The van der Waals surface area contributed by atoms with Crippen LogP contribution in [0, 0.1) is 5.82 Å². The lowest BCUT2D eigenvalue weighted by Gasteiger charge is -2.26. The van der Waals surface area contributed by atoms with Crippen molar-refractivity contribution >= 4 is 21.8 Å². The molecule has 0 radical (unpaired) electrons. The van der Waals surface area contributed by atoms with E-state index in [2.05, 4.69) is 21.2 Å². The summed E-state index contributed by atoms with van der Waals surface area (Å²) in [7, 11) is 0. The minimum Gasteiger partial charge on any atom is -0.349 e. The Morgan fingerprint density at radius 2 is 1.81 bits per heavy atom. The molecule has 0 heterocycles. The van der Waals surface area contributed by atoms with E-state index < -0.39 is 29.0 Å². The molecule has 0 bridgehead atoms. The van der Waals surface area contributed by atoms with E-state index >= 15 is 0 Å². The van der Waals surface area contributed by atoms with E-state index in [9.17, 15) is 22.4 Å². The summed E-state index contributed by atoms with van der Waals surface area (Å²) < 4.78 is 51.4. The van der Waals surface area contributed by atoms with Crippen LogP contribution in [-0.2, 0) is 6.18 Å². The molecule has 2 nitrogen and oxygen atoms in total. The smallest absolute Gasteiger partial charge is 0.349 e. The molecule has 0 aliphatic heterocycles. The summed E-state index contributed by atoms with van der Waals surface area (Å²) in [5.41, 5.74) is -1.59. The Balaban J connectivity index is 2.11. The van der Waals surface area contributed by atoms with Crippen LogP contribution < -0.4 is 5.32 Å². The first-order valence-corrected chi connectivity index (χ1v) is 7.50. The van der Waals surface area contributed by atoms with E-state index in [4.69, 9.17) is 0 Å². The molecular formula is C14H14BrF4NO. The molecule has 1 aromatic rings. The van der Waals surface area contributed by atoms with Crippen molar-refractivity contribution < 1.29 is 22.4 Å². The van der Waals surface area contributed by atoms with Gasteiger partial charge in [0.2, 0.25) is 0 Å². The number of amides is 1. The van der Waals surface area contributed by atoms with Crippen LogP contribution in [0.15, 0.2) is 18.2 Å². The van der Waals surface area contributed by atoms with Gasteiger partial charge in [0.15, 0.2) is 0 Å². The Labute approximate surface area is 128 Å². The number of rotatable bonds is 2. The largest absolute Gasteiger partial charge is 0.416 e. The van der Waals surface area contributed by atoms with Gasteiger partial charge in [0.1, 0.15) is 5.82 Å². The molecule has 1 aliphatic rings. The van der Waals surface area contributed by atoms with Crippen LogP contribution in [0.1, 0.15) is 41.6 Å². The highest BCUT2D eigenvalue weighted by molar-refractivity contribution is 9.09. The predicted octanol–water partition coefficient (Wildman–Crippen LogP) is 4.28. The van der Waals surface area contributed by atoms with Crippen molar-refractivity contribution in [1.82, 2.24) is 5.32 Å². The highest BCUT2D eigenvalue weighted by atomic mass is 79.9. The van der Waals surface area contributed by atoms with Gasteiger partial charge in [0, 0.05) is 10.9 Å². The minimum absolute atomic E-state index is 0.125. The second-order valence-electron chi connectivity index (χ2n) is 5.11. The monoisotopic (exact) mass is 367 g/mol. The molecule has 1 aromatic carbocycles. The maximum atomic E-state index is 13.6. The molecule has 21 heavy (non-hydrogen) atoms. The van der Waals surface area contributed by atoms with E-state index in [1.165, 1.54) is 0 Å². The number of alkyl halides is 4. The average Bonchev–Trinajstić information content (AvgIpc) is 2.40. The zero-order chi connectivity index (χ0) is 15.6. The third-order valence-corrected chi connectivity index (χ3v) is 4.45. The number of hydrogen-bond donors (Lipinski definition) is 1. The summed E-state index contributed by atoms with van der Waals surface area (Å²) in [6.45, 7) is 0. The molecule has 0 atom stereocenters. The van der Waals surface area contributed by atoms with Crippen molar-refractivity contribution in [1.29, 1.82) is 0 Å². The first kappa shape index (κ1) is 16.3. The summed E-state index contributed by atoms with van der Waals surface area (Å²) >= 11 is 3.47. The first-order chi connectivity index (χ1) is 9.77. The van der Waals surface area contributed by atoms with Gasteiger partial charge in [0.25, 0.3) is 5.91 Å². The molecule has 0 aromatic heterocycles. The fraction of sp³-hybridized carbons (Fsp3) is 0.500. The van der Waals surface area contributed by atoms with Crippen LogP contribution in [0.2, 0.25) is 0 Å². The summed E-state index contributed by atoms with van der Waals surface area (Å²) in [6.07, 6.45) is -1.41. The van der Waals surface area contributed by atoms with E-state index in [1.54, 1.807) is 0 Å². The van der Waals surface area contributed by atoms with Crippen molar-refractivity contribution in [3.05, 3.63) is 35.1 Å². The Hall–Kier alpha value is -1.11. The lowest BCUT2D eigenvalue weighted by Crippen LogP contribution is -2.38. The summed E-state index contributed by atoms with van der Waals surface area (Å²) in [5.74, 6) is -1.74. The molecule has 2 rings (SSSR count). The van der Waals surface area contributed by atoms with Gasteiger partial charge in [-0.05, 0) is 43.9 Å². The molecule has 1 saturated carbocycles. The average molecular weight is 368 g/mol. The fourth-order valence-corrected chi connectivity index (χ4v) is 2.86. The SMILES string of the molecule is O=C(NC1CCC(Br)CC1)c1cc(C(F)(F)F)ccc1F. The molecule has 0 spiro atoms. The van der Waals surface area contributed by atoms with Crippen molar-refractivity contribution in [2.75, 3.05) is 0 Å². The zero-order valence-corrected chi connectivity index (χ0v) is 12.6. The van der Waals surface area contributed by atoms with Crippen LogP contribution in [0.4, 0.5) is 17.6 Å². The van der Waals surface area contributed by atoms with Crippen molar-refractivity contribution in [2.24, 2.45) is 0 Å². The maximum absolute atomic E-state index is 13.6. The Morgan fingerprint density at radius 1 is 1.19 bits per heavy atom. The summed E-state index contributed by atoms with van der Waals surface area (Å²) in [5, 5.41) is 2.61. The lowest BCUT2D eigenvalue weighted by molar-refractivity contribution is -0.137. The highest BCUT2D eigenvalue weighted by Crippen LogP contribution is 2.30. The predicted molar refractivity (Wildman–Crippen MR) is 73.8 cm³/mol. The van der Waals surface area contributed by atoms with Gasteiger partial charge in [-0.25, -0.2) is 4.39 Å². The topological polar surface area (TPSA) is 29.1 Å². The molecule has 7 heteroatoms. The van der Waals surface area contributed by atoms with Crippen LogP contribution in [0.3, 0.4) is 0 Å².